The van der Waals surface area contributed by atoms with Gasteiger partial charge >= 0.3 is 6.09 Å². The molecule has 0 saturated heterocycles. The summed E-state index contributed by atoms with van der Waals surface area (Å²) >= 11 is 0. The first kappa shape index (κ1) is 27.7. The molecule has 7 heteroatoms. The van der Waals surface area contributed by atoms with Crippen LogP contribution in [0.15, 0.2) is 66.7 Å². The quantitative estimate of drug-likeness (QED) is 0.415. The molecule has 0 spiro atoms. The van der Waals surface area contributed by atoms with E-state index in [2.05, 4.69) is 10.6 Å². The molecule has 0 aliphatic rings. The van der Waals surface area contributed by atoms with Crippen LogP contribution in [0, 0.1) is 6.92 Å². The first-order valence-corrected chi connectivity index (χ1v) is 12.5. The summed E-state index contributed by atoms with van der Waals surface area (Å²) in [5.41, 5.74) is 1.59. The highest BCUT2D eigenvalue weighted by Crippen LogP contribution is 2.28. The van der Waals surface area contributed by atoms with E-state index in [9.17, 15) is 14.4 Å². The molecule has 0 aromatic heterocycles. The van der Waals surface area contributed by atoms with E-state index in [1.54, 1.807) is 27.7 Å². The van der Waals surface area contributed by atoms with Crippen molar-refractivity contribution >= 4 is 34.4 Å². The van der Waals surface area contributed by atoms with Crippen molar-refractivity contribution in [2.75, 3.05) is 5.32 Å². The van der Waals surface area contributed by atoms with Gasteiger partial charge in [-0.05, 0) is 76.9 Å². The van der Waals surface area contributed by atoms with E-state index in [1.165, 1.54) is 4.90 Å². The van der Waals surface area contributed by atoms with Gasteiger partial charge in [-0.3, -0.25) is 9.59 Å². The molecule has 3 amide bonds. The van der Waals surface area contributed by atoms with E-state index < -0.39 is 23.8 Å². The van der Waals surface area contributed by atoms with Crippen LogP contribution in [0.4, 0.5) is 10.5 Å². The molecule has 3 aromatic rings. The maximum absolute atomic E-state index is 13.8. The Morgan fingerprint density at radius 1 is 0.865 bits per heavy atom. The molecule has 3 rings (SSSR count). The Bertz CT molecular complexity index is 1280. The number of anilines is 1. The molecule has 2 N–H and O–H groups in total. The third-order valence-electron chi connectivity index (χ3n) is 5.82. The van der Waals surface area contributed by atoms with Crippen LogP contribution in [0.3, 0.4) is 0 Å². The molecule has 37 heavy (non-hydrogen) atoms. The molecule has 0 fully saturated rings. The predicted octanol–water partition coefficient (Wildman–Crippen LogP) is 5.98. The standard InChI is InChI=1S/C30H37N3O4/c1-19(2)33(28(35)21(4)31-29(36)37-30(5,6)7)26(24-14-10-11-20(3)17-24)27(34)32-25-16-15-22-12-8-9-13-23(22)18-25/h8-19,21,26H,1-7H3,(H,31,36)(H,32,34). The summed E-state index contributed by atoms with van der Waals surface area (Å²) in [5, 5.41) is 7.69. The molecular weight excluding hydrogens is 466 g/mol. The van der Waals surface area contributed by atoms with Crippen molar-refractivity contribution in [1.29, 1.82) is 0 Å². The van der Waals surface area contributed by atoms with E-state index in [0.717, 1.165) is 16.3 Å². The lowest BCUT2D eigenvalue weighted by atomic mass is 9.99. The van der Waals surface area contributed by atoms with Gasteiger partial charge in [0, 0.05) is 11.7 Å². The van der Waals surface area contributed by atoms with Crippen LogP contribution < -0.4 is 10.6 Å². The summed E-state index contributed by atoms with van der Waals surface area (Å²) in [4.78, 5) is 41.4. The number of nitrogens with zero attached hydrogens (tertiary/aromatic N) is 1. The number of hydrogen-bond donors (Lipinski definition) is 2. The van der Waals surface area contributed by atoms with Gasteiger partial charge in [0.25, 0.3) is 5.91 Å². The normalized spacial score (nSPS) is 13.1. The maximum atomic E-state index is 13.8. The summed E-state index contributed by atoms with van der Waals surface area (Å²) in [6.45, 7) is 12.5. The molecule has 7 nitrogen and oxygen atoms in total. The van der Waals surface area contributed by atoms with Gasteiger partial charge in [-0.25, -0.2) is 4.79 Å². The van der Waals surface area contributed by atoms with Crippen molar-refractivity contribution in [3.05, 3.63) is 77.9 Å². The third kappa shape index (κ3) is 7.32. The number of hydrogen-bond acceptors (Lipinski definition) is 4. The van der Waals surface area contributed by atoms with E-state index in [-0.39, 0.29) is 17.9 Å². The van der Waals surface area contributed by atoms with Gasteiger partial charge in [0.2, 0.25) is 5.91 Å². The molecule has 2 unspecified atom stereocenters. The fraction of sp³-hybridized carbons (Fsp3) is 0.367. The Morgan fingerprint density at radius 2 is 1.54 bits per heavy atom. The number of benzene rings is 3. The number of aryl methyl sites for hydroxylation is 1. The van der Waals surface area contributed by atoms with Crippen LogP contribution in [0.2, 0.25) is 0 Å². The first-order chi connectivity index (χ1) is 17.4. The van der Waals surface area contributed by atoms with Crippen molar-refractivity contribution < 1.29 is 19.1 Å². The zero-order valence-electron chi connectivity index (χ0n) is 22.7. The van der Waals surface area contributed by atoms with Gasteiger partial charge in [0.15, 0.2) is 0 Å². The Hall–Kier alpha value is -3.87. The topological polar surface area (TPSA) is 87.7 Å². The number of ether oxygens (including phenoxy) is 1. The van der Waals surface area contributed by atoms with Crippen LogP contribution in [0.25, 0.3) is 10.8 Å². The predicted molar refractivity (Wildman–Crippen MR) is 147 cm³/mol. The van der Waals surface area contributed by atoms with E-state index >= 15 is 0 Å². The Labute approximate surface area is 219 Å². The molecule has 0 radical (unpaired) electrons. The molecular formula is C30H37N3O4. The summed E-state index contributed by atoms with van der Waals surface area (Å²) in [6, 6.07) is 19.0. The molecule has 3 aromatic carbocycles. The lowest BCUT2D eigenvalue weighted by Crippen LogP contribution is -2.53. The second-order valence-electron chi connectivity index (χ2n) is 10.6. The number of alkyl carbamates (subject to hydrolysis) is 1. The third-order valence-corrected chi connectivity index (χ3v) is 5.82. The molecule has 0 heterocycles. The Balaban J connectivity index is 1.94. The minimum atomic E-state index is -0.915. The highest BCUT2D eigenvalue weighted by molar-refractivity contribution is 6.00. The molecule has 0 saturated carbocycles. The van der Waals surface area contributed by atoms with Gasteiger partial charge in [-0.15, -0.1) is 0 Å². The molecule has 0 bridgehead atoms. The molecule has 196 valence electrons. The van der Waals surface area contributed by atoms with Crippen molar-refractivity contribution in [3.8, 4) is 0 Å². The van der Waals surface area contributed by atoms with Crippen LogP contribution in [-0.4, -0.2) is 40.5 Å². The van der Waals surface area contributed by atoms with Gasteiger partial charge < -0.3 is 20.3 Å². The lowest BCUT2D eigenvalue weighted by molar-refractivity contribution is -0.142. The summed E-state index contributed by atoms with van der Waals surface area (Å²) in [6.07, 6.45) is -0.690. The smallest absolute Gasteiger partial charge is 0.408 e. The van der Waals surface area contributed by atoms with Crippen LogP contribution in [0.5, 0.6) is 0 Å². The minimum absolute atomic E-state index is 0.330. The second-order valence-corrected chi connectivity index (χ2v) is 10.6. The van der Waals surface area contributed by atoms with Crippen molar-refractivity contribution in [2.24, 2.45) is 0 Å². The monoisotopic (exact) mass is 503 g/mol. The number of nitrogens with one attached hydrogen (secondary N) is 2. The van der Waals surface area contributed by atoms with Crippen LogP contribution >= 0.6 is 0 Å². The van der Waals surface area contributed by atoms with E-state index in [4.69, 9.17) is 4.74 Å². The van der Waals surface area contributed by atoms with Crippen molar-refractivity contribution in [3.63, 3.8) is 0 Å². The van der Waals surface area contributed by atoms with Crippen molar-refractivity contribution in [1.82, 2.24) is 10.2 Å². The van der Waals surface area contributed by atoms with E-state index in [1.807, 2.05) is 87.5 Å². The van der Waals surface area contributed by atoms with Crippen LogP contribution in [-0.2, 0) is 14.3 Å². The number of amides is 3. The number of fused-ring (bicyclic) bond motifs is 1. The number of carbonyl (C=O) groups is 3. The lowest BCUT2D eigenvalue weighted by Gasteiger charge is -2.36. The fourth-order valence-electron chi connectivity index (χ4n) is 4.21. The zero-order chi connectivity index (χ0) is 27.3. The van der Waals surface area contributed by atoms with Gasteiger partial charge in [-0.1, -0.05) is 60.2 Å². The number of carbonyl (C=O) groups excluding carboxylic acids is 3. The molecule has 2 atom stereocenters. The average Bonchev–Trinajstić information content (AvgIpc) is 2.80. The SMILES string of the molecule is Cc1cccc(C(C(=O)Nc2ccc3ccccc3c2)N(C(=O)C(C)NC(=O)OC(C)(C)C)C(C)C)c1. The fourth-order valence-corrected chi connectivity index (χ4v) is 4.21. The Morgan fingerprint density at radius 3 is 2.16 bits per heavy atom. The second kappa shape index (κ2) is 11.5. The highest BCUT2D eigenvalue weighted by atomic mass is 16.6. The largest absolute Gasteiger partial charge is 0.444 e. The van der Waals surface area contributed by atoms with E-state index in [0.29, 0.717) is 11.3 Å². The highest BCUT2D eigenvalue weighted by Gasteiger charge is 2.36. The minimum Gasteiger partial charge on any atom is -0.444 e. The molecule has 0 aliphatic carbocycles. The number of rotatable bonds is 7. The van der Waals surface area contributed by atoms with Gasteiger partial charge in [-0.2, -0.15) is 0 Å². The first-order valence-electron chi connectivity index (χ1n) is 12.5. The summed E-state index contributed by atoms with van der Waals surface area (Å²) in [5.74, 6) is -0.728. The molecule has 0 aliphatic heterocycles. The average molecular weight is 504 g/mol. The maximum Gasteiger partial charge on any atom is 0.408 e. The van der Waals surface area contributed by atoms with Gasteiger partial charge in [0.1, 0.15) is 17.7 Å². The van der Waals surface area contributed by atoms with Crippen molar-refractivity contribution in [2.45, 2.75) is 72.2 Å². The summed E-state index contributed by atoms with van der Waals surface area (Å²) < 4.78 is 5.32. The van der Waals surface area contributed by atoms with Crippen LogP contribution in [0.1, 0.15) is 58.7 Å². The Kier molecular flexibility index (Phi) is 8.58. The van der Waals surface area contributed by atoms with Gasteiger partial charge in [0.05, 0.1) is 0 Å². The zero-order valence-corrected chi connectivity index (χ0v) is 22.7. The summed E-state index contributed by atoms with van der Waals surface area (Å²) in [7, 11) is 0.